The first kappa shape index (κ1) is 16.4. The maximum absolute atomic E-state index is 13.2. The molecule has 1 aliphatic carbocycles. The highest BCUT2D eigenvalue weighted by Crippen LogP contribution is 2.54. The topological polar surface area (TPSA) is 76.8 Å². The van der Waals surface area contributed by atoms with Crippen molar-refractivity contribution < 1.29 is 4.79 Å². The van der Waals surface area contributed by atoms with Crippen LogP contribution in [0.5, 0.6) is 0 Å². The first-order chi connectivity index (χ1) is 14.2. The van der Waals surface area contributed by atoms with Gasteiger partial charge in [0.05, 0.1) is 23.5 Å². The lowest BCUT2D eigenvalue weighted by Crippen LogP contribution is -2.51. The van der Waals surface area contributed by atoms with E-state index in [9.17, 15) is 4.79 Å². The van der Waals surface area contributed by atoms with Crippen molar-refractivity contribution in [2.24, 2.45) is 0 Å². The first-order valence-electron chi connectivity index (χ1n) is 10.0. The summed E-state index contributed by atoms with van der Waals surface area (Å²) in [6, 6.07) is 20.0. The van der Waals surface area contributed by atoms with Gasteiger partial charge in [0.25, 0.3) is 0 Å². The quantitative estimate of drug-likeness (QED) is 0.456. The van der Waals surface area contributed by atoms with Gasteiger partial charge < -0.3 is 15.2 Å². The fraction of sp³-hybridized carbons (Fsp3) is 0.217. The fourth-order valence-electron chi connectivity index (χ4n) is 4.84. The van der Waals surface area contributed by atoms with E-state index >= 15 is 0 Å². The number of nitrogens with one attached hydrogen (secondary N) is 3. The van der Waals surface area contributed by atoms with E-state index in [1.807, 2.05) is 47.4 Å². The summed E-state index contributed by atoms with van der Waals surface area (Å²) in [7, 11) is 0. The maximum atomic E-state index is 13.2. The smallest absolute Gasteiger partial charge is 0.322 e. The number of benzene rings is 2. The summed E-state index contributed by atoms with van der Waals surface area (Å²) >= 11 is 0. The zero-order chi connectivity index (χ0) is 19.4. The molecule has 0 bridgehead atoms. The molecule has 1 saturated carbocycles. The minimum atomic E-state index is -0.270. The average Bonchev–Trinajstić information content (AvgIpc) is 3.39. The van der Waals surface area contributed by atoms with Gasteiger partial charge in [0.1, 0.15) is 5.69 Å². The molecule has 144 valence electrons. The third kappa shape index (κ3) is 2.35. The van der Waals surface area contributed by atoms with Crippen LogP contribution in [0, 0.1) is 0 Å². The predicted molar refractivity (Wildman–Crippen MR) is 112 cm³/mol. The van der Waals surface area contributed by atoms with Crippen molar-refractivity contribution >= 4 is 22.6 Å². The van der Waals surface area contributed by atoms with Crippen LogP contribution in [0.1, 0.15) is 30.5 Å². The van der Waals surface area contributed by atoms with Crippen LogP contribution in [0.3, 0.4) is 0 Å². The Hall–Kier alpha value is -3.54. The maximum Gasteiger partial charge on any atom is 0.322 e. The van der Waals surface area contributed by atoms with Gasteiger partial charge in [-0.1, -0.05) is 36.4 Å². The second-order valence-corrected chi connectivity index (χ2v) is 7.96. The van der Waals surface area contributed by atoms with Crippen molar-refractivity contribution in [1.82, 2.24) is 20.1 Å². The van der Waals surface area contributed by atoms with Crippen molar-refractivity contribution in [3.63, 3.8) is 0 Å². The van der Waals surface area contributed by atoms with E-state index < -0.39 is 0 Å². The minimum absolute atomic E-state index is 0.0527. The molecule has 2 aromatic carbocycles. The zero-order valence-corrected chi connectivity index (χ0v) is 15.9. The zero-order valence-electron chi connectivity index (χ0n) is 15.9. The number of hydrogen-bond acceptors (Lipinski definition) is 2. The summed E-state index contributed by atoms with van der Waals surface area (Å²) in [4.78, 5) is 18.6. The minimum Gasteiger partial charge on any atom is -0.353 e. The summed E-state index contributed by atoms with van der Waals surface area (Å²) in [5, 5.41) is 12.1. The molecule has 2 amide bonds. The fourth-order valence-corrected chi connectivity index (χ4v) is 4.84. The highest BCUT2D eigenvalue weighted by Gasteiger charge is 2.54. The standard InChI is InChI=1S/C23H21N5O/c29-22(24-16-8-2-1-3-9-16)28-14-19-20(23(28)11-6-12-23)21(27-26-19)18-13-15-7-4-5-10-17(15)25-18/h1-5,7-10,13,25H,6,11-12,14H2,(H,24,29)(H,26,27). The lowest BCUT2D eigenvalue weighted by molar-refractivity contribution is 0.0623. The number of aromatic amines is 2. The molecule has 3 N–H and O–H groups in total. The normalized spacial score (nSPS) is 16.8. The molecule has 1 aliphatic heterocycles. The number of hydrogen-bond donors (Lipinski definition) is 3. The molecule has 2 aromatic heterocycles. The summed E-state index contributed by atoms with van der Waals surface area (Å²) in [6.45, 7) is 0.557. The van der Waals surface area contributed by atoms with E-state index in [-0.39, 0.29) is 11.6 Å². The number of H-pyrrole nitrogens is 2. The number of urea groups is 1. The molecular weight excluding hydrogens is 362 g/mol. The van der Waals surface area contributed by atoms with Crippen molar-refractivity contribution in [1.29, 1.82) is 0 Å². The van der Waals surface area contributed by atoms with Gasteiger partial charge in [-0.2, -0.15) is 5.10 Å². The Morgan fingerprint density at radius 3 is 2.62 bits per heavy atom. The Labute approximate surface area is 167 Å². The van der Waals surface area contributed by atoms with Crippen molar-refractivity contribution in [3.05, 3.63) is 71.9 Å². The van der Waals surface area contributed by atoms with Crippen LogP contribution < -0.4 is 5.32 Å². The van der Waals surface area contributed by atoms with Crippen LogP contribution in [-0.2, 0) is 12.1 Å². The van der Waals surface area contributed by atoms with E-state index in [1.165, 1.54) is 10.9 Å². The molecule has 3 heterocycles. The highest BCUT2D eigenvalue weighted by atomic mass is 16.2. The number of rotatable bonds is 2. The van der Waals surface area contributed by atoms with Gasteiger partial charge in [0.2, 0.25) is 0 Å². The predicted octanol–water partition coefficient (Wildman–Crippen LogP) is 4.98. The monoisotopic (exact) mass is 383 g/mol. The Balaban J connectivity index is 1.39. The number of carbonyl (C=O) groups is 1. The van der Waals surface area contributed by atoms with Crippen LogP contribution >= 0.6 is 0 Å². The lowest BCUT2D eigenvalue weighted by atomic mass is 9.71. The summed E-state index contributed by atoms with van der Waals surface area (Å²) < 4.78 is 0. The van der Waals surface area contributed by atoms with Gasteiger partial charge in [0, 0.05) is 22.2 Å². The lowest BCUT2D eigenvalue weighted by Gasteiger charge is -2.46. The molecule has 0 atom stereocenters. The summed E-state index contributed by atoms with van der Waals surface area (Å²) in [6.07, 6.45) is 3.05. The number of para-hydroxylation sites is 2. The van der Waals surface area contributed by atoms with Crippen LogP contribution in [0.15, 0.2) is 60.7 Å². The van der Waals surface area contributed by atoms with Gasteiger partial charge in [-0.3, -0.25) is 5.10 Å². The molecule has 4 aromatic rings. The van der Waals surface area contributed by atoms with E-state index in [0.29, 0.717) is 6.54 Å². The second-order valence-electron chi connectivity index (χ2n) is 7.96. The largest absolute Gasteiger partial charge is 0.353 e. The average molecular weight is 383 g/mol. The highest BCUT2D eigenvalue weighted by molar-refractivity contribution is 5.91. The number of aromatic nitrogens is 3. The first-order valence-corrected chi connectivity index (χ1v) is 10.0. The van der Waals surface area contributed by atoms with E-state index in [2.05, 4.69) is 38.7 Å². The number of fused-ring (bicyclic) bond motifs is 3. The number of carbonyl (C=O) groups excluding carboxylic acids is 1. The van der Waals surface area contributed by atoms with Gasteiger partial charge in [0.15, 0.2) is 0 Å². The summed E-state index contributed by atoms with van der Waals surface area (Å²) in [5.41, 5.74) is 5.80. The number of anilines is 1. The SMILES string of the molecule is O=C(Nc1ccccc1)N1Cc2[nH]nc(-c3cc4ccccc4[nH]3)c2C12CCC2. The Bertz CT molecular complexity index is 1190. The third-order valence-corrected chi connectivity index (χ3v) is 6.38. The summed E-state index contributed by atoms with van der Waals surface area (Å²) in [5.74, 6) is 0. The van der Waals surface area contributed by atoms with Crippen LogP contribution in [0.2, 0.25) is 0 Å². The molecule has 0 saturated heterocycles. The van der Waals surface area contributed by atoms with Crippen LogP contribution in [0.4, 0.5) is 10.5 Å². The van der Waals surface area contributed by atoms with Gasteiger partial charge in [-0.15, -0.1) is 0 Å². The molecular formula is C23H21N5O. The van der Waals surface area contributed by atoms with Crippen molar-refractivity contribution in [2.45, 2.75) is 31.3 Å². The van der Waals surface area contributed by atoms with E-state index in [4.69, 9.17) is 0 Å². The third-order valence-electron chi connectivity index (χ3n) is 6.38. The Morgan fingerprint density at radius 2 is 1.86 bits per heavy atom. The van der Waals surface area contributed by atoms with Gasteiger partial charge in [-0.25, -0.2) is 4.79 Å². The van der Waals surface area contributed by atoms with Crippen molar-refractivity contribution in [2.75, 3.05) is 5.32 Å². The molecule has 29 heavy (non-hydrogen) atoms. The van der Waals surface area contributed by atoms with Gasteiger partial charge >= 0.3 is 6.03 Å². The van der Waals surface area contributed by atoms with E-state index in [0.717, 1.165) is 47.5 Å². The number of nitrogens with zero attached hydrogens (tertiary/aromatic N) is 2. The van der Waals surface area contributed by atoms with Crippen LogP contribution in [-0.4, -0.2) is 26.1 Å². The Morgan fingerprint density at radius 1 is 1.07 bits per heavy atom. The second kappa shape index (κ2) is 5.98. The van der Waals surface area contributed by atoms with E-state index in [1.54, 1.807) is 0 Å². The molecule has 1 fully saturated rings. The molecule has 2 aliphatic rings. The van der Waals surface area contributed by atoms with Gasteiger partial charge in [-0.05, 0) is 43.5 Å². The number of amides is 2. The Kier molecular flexibility index (Phi) is 3.38. The molecule has 0 unspecified atom stereocenters. The molecule has 6 heteroatoms. The van der Waals surface area contributed by atoms with Crippen LogP contribution in [0.25, 0.3) is 22.3 Å². The molecule has 6 rings (SSSR count). The molecule has 1 spiro atoms. The molecule has 0 radical (unpaired) electrons. The van der Waals surface area contributed by atoms with Crippen molar-refractivity contribution in [3.8, 4) is 11.4 Å². The molecule has 6 nitrogen and oxygen atoms in total.